The van der Waals surface area contributed by atoms with Crippen molar-refractivity contribution in [1.29, 1.82) is 0 Å². The molecule has 0 saturated carbocycles. The lowest BCUT2D eigenvalue weighted by atomic mass is 10.0. The van der Waals surface area contributed by atoms with Gasteiger partial charge in [-0.3, -0.25) is 14.4 Å². The minimum Gasteiger partial charge on any atom is -0.480 e. The van der Waals surface area contributed by atoms with E-state index in [1.165, 1.54) is 4.90 Å². The van der Waals surface area contributed by atoms with Gasteiger partial charge in [0.2, 0.25) is 11.8 Å². The van der Waals surface area contributed by atoms with Crippen molar-refractivity contribution in [3.8, 4) is 0 Å². The van der Waals surface area contributed by atoms with Crippen LogP contribution in [-0.2, 0) is 14.4 Å². The third-order valence-electron chi connectivity index (χ3n) is 3.50. The normalized spacial score (nSPS) is 19.6. The van der Waals surface area contributed by atoms with Crippen LogP contribution in [0.4, 0.5) is 0 Å². The van der Waals surface area contributed by atoms with E-state index >= 15 is 0 Å². The SMILES string of the molecule is CC(C)N1CC(C(=O)N(CC(=O)O)C(C)(C)C)CC1=O. The molecule has 0 aromatic carbocycles. The predicted octanol–water partition coefficient (Wildman–Crippen LogP) is 0.955. The summed E-state index contributed by atoms with van der Waals surface area (Å²) in [5.41, 5.74) is -0.580. The van der Waals surface area contributed by atoms with E-state index in [1.807, 2.05) is 13.8 Å². The monoisotopic (exact) mass is 284 g/mol. The van der Waals surface area contributed by atoms with E-state index < -0.39 is 17.4 Å². The number of carbonyl (C=O) groups is 3. The van der Waals surface area contributed by atoms with Crippen LogP contribution in [0, 0.1) is 5.92 Å². The van der Waals surface area contributed by atoms with Crippen LogP contribution in [0.2, 0.25) is 0 Å². The molecule has 0 radical (unpaired) electrons. The molecule has 0 aromatic heterocycles. The molecule has 1 aliphatic heterocycles. The van der Waals surface area contributed by atoms with E-state index in [9.17, 15) is 14.4 Å². The highest BCUT2D eigenvalue weighted by Crippen LogP contribution is 2.25. The van der Waals surface area contributed by atoms with Gasteiger partial charge in [-0.2, -0.15) is 0 Å². The molecule has 1 fully saturated rings. The van der Waals surface area contributed by atoms with Gasteiger partial charge in [0.15, 0.2) is 0 Å². The van der Waals surface area contributed by atoms with Crippen molar-refractivity contribution in [1.82, 2.24) is 9.80 Å². The van der Waals surface area contributed by atoms with Crippen LogP contribution in [0.15, 0.2) is 0 Å². The number of carboxylic acids is 1. The van der Waals surface area contributed by atoms with E-state index in [2.05, 4.69) is 0 Å². The Kier molecular flexibility index (Phi) is 4.78. The summed E-state index contributed by atoms with van der Waals surface area (Å²) in [7, 11) is 0. The molecule has 1 saturated heterocycles. The first-order valence-corrected chi connectivity index (χ1v) is 6.86. The quantitative estimate of drug-likeness (QED) is 0.834. The average Bonchev–Trinajstić information content (AvgIpc) is 2.65. The lowest BCUT2D eigenvalue weighted by Gasteiger charge is -2.36. The summed E-state index contributed by atoms with van der Waals surface area (Å²) in [6.07, 6.45) is 0.170. The zero-order valence-electron chi connectivity index (χ0n) is 12.8. The highest BCUT2D eigenvalue weighted by atomic mass is 16.4. The second kappa shape index (κ2) is 5.81. The number of hydrogen-bond acceptors (Lipinski definition) is 3. The summed E-state index contributed by atoms with van der Waals surface area (Å²) in [6.45, 7) is 9.24. The van der Waals surface area contributed by atoms with Crippen molar-refractivity contribution in [3.63, 3.8) is 0 Å². The molecule has 1 unspecified atom stereocenters. The summed E-state index contributed by atoms with van der Waals surface area (Å²) in [5, 5.41) is 8.96. The molecular weight excluding hydrogens is 260 g/mol. The molecular formula is C14H24N2O4. The molecule has 20 heavy (non-hydrogen) atoms. The standard InChI is InChI=1S/C14H24N2O4/c1-9(2)15-7-10(6-11(15)17)13(20)16(8-12(18)19)14(3,4)5/h9-10H,6-8H2,1-5H3,(H,18,19). The van der Waals surface area contributed by atoms with E-state index in [0.717, 1.165) is 0 Å². The summed E-state index contributed by atoms with van der Waals surface area (Å²) in [6, 6.07) is 0.0582. The van der Waals surface area contributed by atoms with Crippen LogP contribution >= 0.6 is 0 Å². The number of nitrogens with zero attached hydrogens (tertiary/aromatic N) is 2. The Bertz CT molecular complexity index is 412. The number of carboxylic acid groups (broad SMARTS) is 1. The Morgan fingerprint density at radius 1 is 1.40 bits per heavy atom. The number of likely N-dealkylation sites (tertiary alicyclic amines) is 1. The van der Waals surface area contributed by atoms with Crippen molar-refractivity contribution in [3.05, 3.63) is 0 Å². The predicted molar refractivity (Wildman–Crippen MR) is 74.1 cm³/mol. The minimum absolute atomic E-state index is 0.0393. The number of amides is 2. The van der Waals surface area contributed by atoms with Crippen molar-refractivity contribution >= 4 is 17.8 Å². The topological polar surface area (TPSA) is 77.9 Å². The highest BCUT2D eigenvalue weighted by molar-refractivity contribution is 5.91. The van der Waals surface area contributed by atoms with Gasteiger partial charge in [-0.05, 0) is 34.6 Å². The molecule has 6 heteroatoms. The largest absolute Gasteiger partial charge is 0.480 e. The van der Waals surface area contributed by atoms with Crippen molar-refractivity contribution in [2.45, 2.75) is 52.6 Å². The number of rotatable bonds is 4. The zero-order valence-corrected chi connectivity index (χ0v) is 12.8. The van der Waals surface area contributed by atoms with Crippen LogP contribution in [0.1, 0.15) is 41.0 Å². The Morgan fingerprint density at radius 2 is 1.95 bits per heavy atom. The van der Waals surface area contributed by atoms with Gasteiger partial charge in [-0.25, -0.2) is 0 Å². The molecule has 6 nitrogen and oxygen atoms in total. The third-order valence-corrected chi connectivity index (χ3v) is 3.50. The van der Waals surface area contributed by atoms with Gasteiger partial charge in [-0.15, -0.1) is 0 Å². The highest BCUT2D eigenvalue weighted by Gasteiger charge is 2.40. The fourth-order valence-corrected chi connectivity index (χ4v) is 2.40. The van der Waals surface area contributed by atoms with Gasteiger partial charge < -0.3 is 14.9 Å². The minimum atomic E-state index is -1.04. The van der Waals surface area contributed by atoms with E-state index in [-0.39, 0.29) is 30.8 Å². The molecule has 1 rings (SSSR count). The summed E-state index contributed by atoms with van der Waals surface area (Å²) < 4.78 is 0. The van der Waals surface area contributed by atoms with Gasteiger partial charge in [0, 0.05) is 24.5 Å². The summed E-state index contributed by atoms with van der Waals surface area (Å²) in [5.74, 6) is -1.78. The summed E-state index contributed by atoms with van der Waals surface area (Å²) in [4.78, 5) is 38.3. The van der Waals surface area contributed by atoms with Gasteiger partial charge in [0.25, 0.3) is 0 Å². The molecule has 1 atom stereocenters. The van der Waals surface area contributed by atoms with Crippen molar-refractivity contribution < 1.29 is 19.5 Å². The van der Waals surface area contributed by atoms with Gasteiger partial charge >= 0.3 is 5.97 Å². The van der Waals surface area contributed by atoms with E-state index in [0.29, 0.717) is 6.54 Å². The maximum Gasteiger partial charge on any atom is 0.323 e. The molecule has 0 bridgehead atoms. The maximum absolute atomic E-state index is 12.5. The van der Waals surface area contributed by atoms with Crippen LogP contribution in [0.5, 0.6) is 0 Å². The molecule has 114 valence electrons. The lowest BCUT2D eigenvalue weighted by molar-refractivity contribution is -0.150. The zero-order chi connectivity index (χ0) is 15.7. The number of hydrogen-bond donors (Lipinski definition) is 1. The van der Waals surface area contributed by atoms with Crippen molar-refractivity contribution in [2.24, 2.45) is 5.92 Å². The molecule has 0 aliphatic carbocycles. The van der Waals surface area contributed by atoms with Gasteiger partial charge in [0.1, 0.15) is 6.54 Å². The van der Waals surface area contributed by atoms with Gasteiger partial charge in [0.05, 0.1) is 5.92 Å². The fourth-order valence-electron chi connectivity index (χ4n) is 2.40. The fraction of sp³-hybridized carbons (Fsp3) is 0.786. The number of carbonyl (C=O) groups excluding carboxylic acids is 2. The van der Waals surface area contributed by atoms with Crippen LogP contribution in [0.3, 0.4) is 0 Å². The Balaban J connectivity index is 2.87. The lowest BCUT2D eigenvalue weighted by Crippen LogP contribution is -2.51. The first-order valence-electron chi connectivity index (χ1n) is 6.86. The third kappa shape index (κ3) is 3.71. The maximum atomic E-state index is 12.5. The molecule has 1 heterocycles. The summed E-state index contributed by atoms with van der Waals surface area (Å²) >= 11 is 0. The second-order valence-electron chi connectivity index (χ2n) is 6.53. The first kappa shape index (κ1) is 16.5. The van der Waals surface area contributed by atoms with Crippen molar-refractivity contribution in [2.75, 3.05) is 13.1 Å². The van der Waals surface area contributed by atoms with Gasteiger partial charge in [-0.1, -0.05) is 0 Å². The Hall–Kier alpha value is -1.59. The molecule has 0 aromatic rings. The van der Waals surface area contributed by atoms with E-state index in [1.54, 1.807) is 25.7 Å². The average molecular weight is 284 g/mol. The molecule has 1 aliphatic rings. The smallest absolute Gasteiger partial charge is 0.323 e. The van der Waals surface area contributed by atoms with Crippen LogP contribution < -0.4 is 0 Å². The molecule has 0 spiro atoms. The Labute approximate surface area is 119 Å². The molecule has 1 N–H and O–H groups in total. The second-order valence-corrected chi connectivity index (χ2v) is 6.53. The first-order chi connectivity index (χ1) is 9.04. The number of aliphatic carboxylic acids is 1. The van der Waals surface area contributed by atoms with Crippen LogP contribution in [0.25, 0.3) is 0 Å². The van der Waals surface area contributed by atoms with Crippen LogP contribution in [-0.4, -0.2) is 57.4 Å². The molecule has 2 amide bonds. The Morgan fingerprint density at radius 3 is 2.30 bits per heavy atom. The van der Waals surface area contributed by atoms with E-state index in [4.69, 9.17) is 5.11 Å².